The van der Waals surface area contributed by atoms with Gasteiger partial charge in [0.1, 0.15) is 6.04 Å². The summed E-state index contributed by atoms with van der Waals surface area (Å²) in [6, 6.07) is -0.327. The molecule has 0 aromatic carbocycles. The molecule has 1 atom stereocenters. The third-order valence-electron chi connectivity index (χ3n) is 2.12. The molecule has 1 N–H and O–H groups in total. The van der Waals surface area contributed by atoms with Gasteiger partial charge in [0.15, 0.2) is 0 Å². The molecule has 1 radical (unpaired) electrons. The summed E-state index contributed by atoms with van der Waals surface area (Å²) < 4.78 is 0. The van der Waals surface area contributed by atoms with Gasteiger partial charge in [0, 0.05) is 6.54 Å². The first kappa shape index (κ1) is 8.53. The van der Waals surface area contributed by atoms with E-state index < -0.39 is 5.97 Å². The molecule has 3 heteroatoms. The molecule has 1 rings (SSSR count). The van der Waals surface area contributed by atoms with E-state index in [1.807, 2.05) is 4.90 Å². The molecule has 1 aliphatic heterocycles. The number of carboxylic acids is 1. The van der Waals surface area contributed by atoms with Gasteiger partial charge in [-0.3, -0.25) is 9.69 Å². The fourth-order valence-corrected chi connectivity index (χ4v) is 1.30. The first-order valence-electron chi connectivity index (χ1n) is 4.00. The van der Waals surface area contributed by atoms with Gasteiger partial charge in [-0.05, 0) is 32.7 Å². The summed E-state index contributed by atoms with van der Waals surface area (Å²) in [5.41, 5.74) is 0. The molecule has 1 fully saturated rings. The highest BCUT2D eigenvalue weighted by molar-refractivity contribution is 5.72. The van der Waals surface area contributed by atoms with E-state index in [4.69, 9.17) is 5.11 Å². The predicted octanol–water partition coefficient (Wildman–Crippen LogP) is 0.760. The molecular formula is C8H14NO2. The van der Waals surface area contributed by atoms with E-state index in [0.29, 0.717) is 0 Å². The number of nitrogens with zero attached hydrogens (tertiary/aromatic N) is 1. The molecule has 1 heterocycles. The Bertz CT molecular complexity index is 141. The van der Waals surface area contributed by atoms with Gasteiger partial charge in [-0.1, -0.05) is 0 Å². The molecule has 11 heavy (non-hydrogen) atoms. The Morgan fingerprint density at radius 3 is 2.91 bits per heavy atom. The standard InChI is InChI=1S/C8H14NO2/c1-7(8(10)11)9-5-3-2-4-6-9/h3,7H,2,4-6H2,1H3,(H,10,11). The van der Waals surface area contributed by atoms with Crippen LogP contribution in [0.15, 0.2) is 0 Å². The summed E-state index contributed by atoms with van der Waals surface area (Å²) >= 11 is 0. The molecule has 1 unspecified atom stereocenters. The van der Waals surface area contributed by atoms with E-state index >= 15 is 0 Å². The average Bonchev–Trinajstić information content (AvgIpc) is 2.05. The topological polar surface area (TPSA) is 40.5 Å². The van der Waals surface area contributed by atoms with Crippen LogP contribution in [-0.4, -0.2) is 35.1 Å². The molecule has 63 valence electrons. The lowest BCUT2D eigenvalue weighted by Crippen LogP contribution is -2.42. The van der Waals surface area contributed by atoms with Gasteiger partial charge in [-0.25, -0.2) is 0 Å². The molecule has 0 aromatic heterocycles. The zero-order chi connectivity index (χ0) is 8.27. The lowest BCUT2D eigenvalue weighted by atomic mass is 10.1. The largest absolute Gasteiger partial charge is 0.480 e. The van der Waals surface area contributed by atoms with Crippen LogP contribution in [0.5, 0.6) is 0 Å². The van der Waals surface area contributed by atoms with Crippen molar-refractivity contribution in [3.63, 3.8) is 0 Å². The molecular weight excluding hydrogens is 142 g/mol. The maximum absolute atomic E-state index is 10.5. The molecule has 0 aliphatic carbocycles. The van der Waals surface area contributed by atoms with E-state index in [-0.39, 0.29) is 6.04 Å². The summed E-state index contributed by atoms with van der Waals surface area (Å²) in [6.07, 6.45) is 4.36. The summed E-state index contributed by atoms with van der Waals surface area (Å²) in [5.74, 6) is -0.722. The van der Waals surface area contributed by atoms with Gasteiger partial charge in [0.25, 0.3) is 0 Å². The van der Waals surface area contributed by atoms with Crippen LogP contribution in [-0.2, 0) is 4.79 Å². The normalized spacial score (nSPS) is 23.0. The monoisotopic (exact) mass is 156 g/mol. The van der Waals surface area contributed by atoms with Crippen molar-refractivity contribution in [3.05, 3.63) is 6.42 Å². The molecule has 1 aliphatic rings. The summed E-state index contributed by atoms with van der Waals surface area (Å²) in [6.45, 7) is 3.49. The molecule has 0 amide bonds. The average molecular weight is 156 g/mol. The van der Waals surface area contributed by atoms with Crippen LogP contribution in [0, 0.1) is 6.42 Å². The molecule has 0 saturated carbocycles. The lowest BCUT2D eigenvalue weighted by Gasteiger charge is -2.29. The van der Waals surface area contributed by atoms with Crippen molar-refractivity contribution in [1.29, 1.82) is 0 Å². The van der Waals surface area contributed by atoms with Gasteiger partial charge >= 0.3 is 5.97 Å². The number of rotatable bonds is 2. The van der Waals surface area contributed by atoms with Crippen LogP contribution >= 0.6 is 0 Å². The van der Waals surface area contributed by atoms with Crippen molar-refractivity contribution in [3.8, 4) is 0 Å². The van der Waals surface area contributed by atoms with Crippen molar-refractivity contribution in [1.82, 2.24) is 4.90 Å². The number of hydrogen-bond donors (Lipinski definition) is 1. The van der Waals surface area contributed by atoms with Crippen LogP contribution in [0.1, 0.15) is 19.8 Å². The highest BCUT2D eigenvalue weighted by atomic mass is 16.4. The van der Waals surface area contributed by atoms with Gasteiger partial charge in [0.05, 0.1) is 0 Å². The Morgan fingerprint density at radius 2 is 2.45 bits per heavy atom. The van der Waals surface area contributed by atoms with Gasteiger partial charge in [0.2, 0.25) is 0 Å². The summed E-state index contributed by atoms with van der Waals surface area (Å²) in [7, 11) is 0. The Kier molecular flexibility index (Phi) is 2.88. The number of carbonyl (C=O) groups is 1. The SMILES string of the molecule is CC(C(=O)O)N1C[CH]CCC1. The number of hydrogen-bond acceptors (Lipinski definition) is 2. The Morgan fingerprint density at radius 1 is 1.73 bits per heavy atom. The zero-order valence-electron chi connectivity index (χ0n) is 6.79. The molecule has 0 aromatic rings. The lowest BCUT2D eigenvalue weighted by molar-refractivity contribution is -0.142. The Labute approximate surface area is 67.0 Å². The van der Waals surface area contributed by atoms with Gasteiger partial charge < -0.3 is 5.11 Å². The zero-order valence-corrected chi connectivity index (χ0v) is 6.79. The third kappa shape index (κ3) is 2.19. The van der Waals surface area contributed by atoms with E-state index in [2.05, 4.69) is 6.42 Å². The quantitative estimate of drug-likeness (QED) is 0.641. The van der Waals surface area contributed by atoms with Gasteiger partial charge in [-0.2, -0.15) is 0 Å². The fraction of sp³-hybridized carbons (Fsp3) is 0.750. The van der Waals surface area contributed by atoms with E-state index in [1.165, 1.54) is 0 Å². The minimum absolute atomic E-state index is 0.327. The van der Waals surface area contributed by atoms with Crippen molar-refractivity contribution in [2.45, 2.75) is 25.8 Å². The molecule has 0 bridgehead atoms. The summed E-state index contributed by atoms with van der Waals surface area (Å²) in [5, 5.41) is 8.68. The third-order valence-corrected chi connectivity index (χ3v) is 2.12. The minimum Gasteiger partial charge on any atom is -0.480 e. The maximum Gasteiger partial charge on any atom is 0.320 e. The first-order valence-corrected chi connectivity index (χ1v) is 4.00. The Hall–Kier alpha value is -0.570. The molecule has 3 nitrogen and oxygen atoms in total. The van der Waals surface area contributed by atoms with Crippen molar-refractivity contribution < 1.29 is 9.90 Å². The second-order valence-corrected chi connectivity index (χ2v) is 2.94. The molecule has 0 spiro atoms. The molecule has 1 saturated heterocycles. The van der Waals surface area contributed by atoms with Crippen LogP contribution in [0.25, 0.3) is 0 Å². The van der Waals surface area contributed by atoms with Crippen LogP contribution in [0.3, 0.4) is 0 Å². The Balaban J connectivity index is 2.38. The van der Waals surface area contributed by atoms with Crippen LogP contribution in [0.2, 0.25) is 0 Å². The fourth-order valence-electron chi connectivity index (χ4n) is 1.30. The highest BCUT2D eigenvalue weighted by Gasteiger charge is 2.21. The summed E-state index contributed by atoms with van der Waals surface area (Å²) in [4.78, 5) is 12.5. The van der Waals surface area contributed by atoms with Crippen molar-refractivity contribution in [2.75, 3.05) is 13.1 Å². The van der Waals surface area contributed by atoms with Crippen molar-refractivity contribution in [2.24, 2.45) is 0 Å². The minimum atomic E-state index is -0.722. The number of piperidine rings is 1. The highest BCUT2D eigenvalue weighted by Crippen LogP contribution is 2.10. The second-order valence-electron chi connectivity index (χ2n) is 2.94. The number of aliphatic carboxylic acids is 1. The maximum atomic E-state index is 10.5. The smallest absolute Gasteiger partial charge is 0.320 e. The van der Waals surface area contributed by atoms with Crippen LogP contribution < -0.4 is 0 Å². The van der Waals surface area contributed by atoms with Gasteiger partial charge in [-0.15, -0.1) is 0 Å². The number of likely N-dealkylation sites (tertiary alicyclic amines) is 1. The van der Waals surface area contributed by atoms with Crippen LogP contribution in [0.4, 0.5) is 0 Å². The van der Waals surface area contributed by atoms with E-state index in [1.54, 1.807) is 6.92 Å². The predicted molar refractivity (Wildman–Crippen MR) is 42.2 cm³/mol. The van der Waals surface area contributed by atoms with E-state index in [9.17, 15) is 4.79 Å². The van der Waals surface area contributed by atoms with Crippen molar-refractivity contribution >= 4 is 5.97 Å². The number of carboxylic acid groups (broad SMARTS) is 1. The first-order chi connectivity index (χ1) is 5.22. The van der Waals surface area contributed by atoms with E-state index in [0.717, 1.165) is 25.9 Å². The second kappa shape index (κ2) is 3.72.